The molecule has 0 saturated carbocycles. The predicted molar refractivity (Wildman–Crippen MR) is 128 cm³/mol. The first kappa shape index (κ1) is 23.6. The summed E-state index contributed by atoms with van der Waals surface area (Å²) in [5, 5.41) is 8.24. The van der Waals surface area contributed by atoms with Crippen LogP contribution < -0.4 is 15.5 Å². The third kappa shape index (κ3) is 6.72. The topological polar surface area (TPSA) is 79.8 Å². The minimum Gasteiger partial charge on any atom is -0.482 e. The van der Waals surface area contributed by atoms with Gasteiger partial charge in [-0.15, -0.1) is 0 Å². The van der Waals surface area contributed by atoms with E-state index in [1.165, 1.54) is 6.07 Å². The molecule has 2 amide bonds. The summed E-state index contributed by atoms with van der Waals surface area (Å²) < 4.78 is 5.38. The number of hydrogen-bond acceptors (Lipinski definition) is 4. The Kier molecular flexibility index (Phi) is 8.11. The van der Waals surface area contributed by atoms with Crippen LogP contribution in [0.4, 0.5) is 5.69 Å². The maximum atomic E-state index is 12.4. The molecule has 0 heterocycles. The molecule has 0 aliphatic rings. The number of halogens is 3. The quantitative estimate of drug-likeness (QED) is 0.323. The van der Waals surface area contributed by atoms with Crippen LogP contribution in [0, 0.1) is 0 Å². The van der Waals surface area contributed by atoms with Gasteiger partial charge in [0.25, 0.3) is 11.8 Å². The second-order valence-corrected chi connectivity index (χ2v) is 7.92. The molecule has 0 bridgehead atoms. The van der Waals surface area contributed by atoms with E-state index in [4.69, 9.17) is 39.5 Å². The molecule has 0 aliphatic carbocycles. The Morgan fingerprint density at radius 3 is 2.34 bits per heavy atom. The number of anilines is 1. The fourth-order valence-corrected chi connectivity index (χ4v) is 3.19. The van der Waals surface area contributed by atoms with Gasteiger partial charge in [-0.1, -0.05) is 46.9 Å². The Labute approximate surface area is 200 Å². The Bertz CT molecular complexity index is 1160. The van der Waals surface area contributed by atoms with E-state index in [2.05, 4.69) is 15.8 Å². The average molecular weight is 491 g/mol. The second-order valence-electron chi connectivity index (χ2n) is 6.64. The van der Waals surface area contributed by atoms with E-state index in [0.29, 0.717) is 37.8 Å². The highest BCUT2D eigenvalue weighted by molar-refractivity contribution is 6.35. The van der Waals surface area contributed by atoms with E-state index in [-0.39, 0.29) is 12.5 Å². The van der Waals surface area contributed by atoms with E-state index in [1.54, 1.807) is 61.5 Å². The van der Waals surface area contributed by atoms with Gasteiger partial charge in [0.2, 0.25) is 0 Å². The maximum Gasteiger partial charge on any atom is 0.277 e. The standard InChI is InChI=1S/C23H18Cl3N3O3/c1-14(28-29-22(30)13-32-21-10-9-18(25)12-20(21)26)16-3-2-4-19(11-16)27-23(31)15-5-7-17(24)8-6-15/h2-12H,13H2,1H3,(H,27,31)(H,29,30)/b28-14-. The van der Waals surface area contributed by atoms with Crippen LogP contribution in [-0.4, -0.2) is 24.1 Å². The summed E-state index contributed by atoms with van der Waals surface area (Å²) in [5.74, 6) is -0.377. The monoisotopic (exact) mass is 489 g/mol. The molecule has 0 radical (unpaired) electrons. The van der Waals surface area contributed by atoms with E-state index < -0.39 is 5.91 Å². The predicted octanol–water partition coefficient (Wildman–Crippen LogP) is 5.82. The molecule has 0 fully saturated rings. The summed E-state index contributed by atoms with van der Waals surface area (Å²) in [7, 11) is 0. The zero-order valence-corrected chi connectivity index (χ0v) is 19.1. The SMILES string of the molecule is C/C(=N/NC(=O)COc1ccc(Cl)cc1Cl)c1cccc(NC(=O)c2ccc(Cl)cc2)c1. The van der Waals surface area contributed by atoms with Crippen molar-refractivity contribution in [2.45, 2.75) is 6.92 Å². The average Bonchev–Trinajstić information content (AvgIpc) is 2.77. The lowest BCUT2D eigenvalue weighted by Gasteiger charge is -2.09. The molecule has 0 atom stereocenters. The van der Waals surface area contributed by atoms with Crippen LogP contribution in [0.25, 0.3) is 0 Å². The first-order valence-corrected chi connectivity index (χ1v) is 10.5. The van der Waals surface area contributed by atoms with Crippen molar-refractivity contribution in [3.8, 4) is 5.75 Å². The van der Waals surface area contributed by atoms with Gasteiger partial charge in [0.1, 0.15) is 5.75 Å². The molecule has 6 nitrogen and oxygen atoms in total. The van der Waals surface area contributed by atoms with Gasteiger partial charge >= 0.3 is 0 Å². The smallest absolute Gasteiger partial charge is 0.277 e. The fourth-order valence-electron chi connectivity index (χ4n) is 2.61. The van der Waals surface area contributed by atoms with Gasteiger partial charge in [-0.3, -0.25) is 9.59 Å². The van der Waals surface area contributed by atoms with Crippen molar-refractivity contribution in [2.24, 2.45) is 5.10 Å². The van der Waals surface area contributed by atoms with Gasteiger partial charge < -0.3 is 10.1 Å². The molecule has 0 spiro atoms. The highest BCUT2D eigenvalue weighted by atomic mass is 35.5. The highest BCUT2D eigenvalue weighted by Crippen LogP contribution is 2.27. The Hall–Kier alpha value is -3.06. The lowest BCUT2D eigenvalue weighted by molar-refractivity contribution is -0.123. The van der Waals surface area contributed by atoms with Gasteiger partial charge in [-0.05, 0) is 67.1 Å². The van der Waals surface area contributed by atoms with E-state index >= 15 is 0 Å². The Balaban J connectivity index is 1.58. The molecule has 2 N–H and O–H groups in total. The Morgan fingerprint density at radius 2 is 1.62 bits per heavy atom. The lowest BCUT2D eigenvalue weighted by atomic mass is 10.1. The number of rotatable bonds is 7. The van der Waals surface area contributed by atoms with Crippen LogP contribution in [0.15, 0.2) is 71.8 Å². The molecule has 0 aromatic heterocycles. The van der Waals surface area contributed by atoms with Crippen LogP contribution in [0.3, 0.4) is 0 Å². The van der Waals surface area contributed by atoms with Crippen molar-refractivity contribution in [3.05, 3.63) is 92.9 Å². The zero-order valence-electron chi connectivity index (χ0n) is 16.9. The molecule has 0 aliphatic heterocycles. The van der Waals surface area contributed by atoms with E-state index in [9.17, 15) is 9.59 Å². The molecular weight excluding hydrogens is 473 g/mol. The van der Waals surface area contributed by atoms with Crippen molar-refractivity contribution in [1.29, 1.82) is 0 Å². The lowest BCUT2D eigenvalue weighted by Crippen LogP contribution is -2.25. The number of hydrogen-bond donors (Lipinski definition) is 2. The Morgan fingerprint density at radius 1 is 0.906 bits per heavy atom. The summed E-state index contributed by atoms with van der Waals surface area (Å²) in [6.07, 6.45) is 0. The van der Waals surface area contributed by atoms with Gasteiger partial charge in [-0.25, -0.2) is 5.43 Å². The van der Waals surface area contributed by atoms with Crippen LogP contribution in [-0.2, 0) is 4.79 Å². The normalized spacial score (nSPS) is 11.1. The minimum atomic E-state index is -0.456. The number of carbonyl (C=O) groups is 2. The van der Waals surface area contributed by atoms with Crippen molar-refractivity contribution in [1.82, 2.24) is 5.43 Å². The number of carbonyl (C=O) groups excluding carboxylic acids is 2. The number of nitrogens with zero attached hydrogens (tertiary/aromatic N) is 1. The van der Waals surface area contributed by atoms with Crippen molar-refractivity contribution in [2.75, 3.05) is 11.9 Å². The fraction of sp³-hybridized carbons (Fsp3) is 0.0870. The molecule has 0 unspecified atom stereocenters. The van der Waals surface area contributed by atoms with Crippen LogP contribution in [0.1, 0.15) is 22.8 Å². The molecule has 32 heavy (non-hydrogen) atoms. The first-order chi connectivity index (χ1) is 15.3. The van der Waals surface area contributed by atoms with E-state index in [0.717, 1.165) is 5.56 Å². The van der Waals surface area contributed by atoms with Gasteiger partial charge in [0.05, 0.1) is 10.7 Å². The zero-order chi connectivity index (χ0) is 23.1. The number of benzene rings is 3. The van der Waals surface area contributed by atoms with Crippen LogP contribution in [0.2, 0.25) is 15.1 Å². The largest absolute Gasteiger partial charge is 0.482 e. The molecule has 164 valence electrons. The van der Waals surface area contributed by atoms with Gasteiger partial charge in [0, 0.05) is 21.3 Å². The van der Waals surface area contributed by atoms with Crippen molar-refractivity contribution >= 4 is 58.0 Å². The summed E-state index contributed by atoms with van der Waals surface area (Å²) in [4.78, 5) is 24.4. The molecule has 3 aromatic carbocycles. The minimum absolute atomic E-state index is 0.264. The summed E-state index contributed by atoms with van der Waals surface area (Å²) in [5.41, 5.74) is 4.77. The van der Waals surface area contributed by atoms with Gasteiger partial charge in [0.15, 0.2) is 6.61 Å². The molecule has 0 saturated heterocycles. The molecular formula is C23H18Cl3N3O3. The molecule has 3 rings (SSSR count). The molecule has 9 heteroatoms. The second kappa shape index (κ2) is 11.0. The summed E-state index contributed by atoms with van der Waals surface area (Å²) >= 11 is 17.7. The number of amides is 2. The first-order valence-electron chi connectivity index (χ1n) is 9.40. The highest BCUT2D eigenvalue weighted by Gasteiger charge is 2.09. The third-order valence-corrected chi connectivity index (χ3v) is 5.03. The van der Waals surface area contributed by atoms with Crippen LogP contribution >= 0.6 is 34.8 Å². The number of nitrogens with one attached hydrogen (secondary N) is 2. The van der Waals surface area contributed by atoms with Gasteiger partial charge in [-0.2, -0.15) is 5.10 Å². The summed E-state index contributed by atoms with van der Waals surface area (Å²) in [6.45, 7) is 1.46. The van der Waals surface area contributed by atoms with Crippen molar-refractivity contribution in [3.63, 3.8) is 0 Å². The van der Waals surface area contributed by atoms with E-state index in [1.807, 2.05) is 6.07 Å². The van der Waals surface area contributed by atoms with Crippen molar-refractivity contribution < 1.29 is 14.3 Å². The summed E-state index contributed by atoms with van der Waals surface area (Å²) in [6, 6.07) is 18.4. The number of ether oxygens (including phenoxy) is 1. The maximum absolute atomic E-state index is 12.4. The number of hydrazone groups is 1. The third-order valence-electron chi connectivity index (χ3n) is 4.25. The van der Waals surface area contributed by atoms with Crippen LogP contribution in [0.5, 0.6) is 5.75 Å². The molecule has 3 aromatic rings.